The highest BCUT2D eigenvalue weighted by Gasteiger charge is 2.31. The highest BCUT2D eigenvalue weighted by Crippen LogP contribution is 2.31. The number of ether oxygens (including phenoxy) is 1. The quantitative estimate of drug-likeness (QED) is 0.303. The second-order valence-corrected chi connectivity index (χ2v) is 9.75. The Morgan fingerprint density at radius 3 is 1.94 bits per heavy atom. The van der Waals surface area contributed by atoms with Gasteiger partial charge in [0, 0.05) is 0 Å². The summed E-state index contributed by atoms with van der Waals surface area (Å²) in [5, 5.41) is 0. The molecule has 7 heteroatoms. The van der Waals surface area contributed by atoms with Crippen LogP contribution in [0.5, 0.6) is 5.75 Å². The number of para-hydroxylation sites is 1. The summed E-state index contributed by atoms with van der Waals surface area (Å²) in [6.45, 7) is -0.454. The van der Waals surface area contributed by atoms with Gasteiger partial charge < -0.3 is 4.74 Å². The smallest absolute Gasteiger partial charge is 0.278 e. The predicted octanol–water partition coefficient (Wildman–Crippen LogP) is 5.92. The van der Waals surface area contributed by atoms with Gasteiger partial charge in [0.05, 0.1) is 15.1 Å². The van der Waals surface area contributed by atoms with Crippen LogP contribution < -0.4 is 9.04 Å². The summed E-state index contributed by atoms with van der Waals surface area (Å²) >= 11 is 3.48. The molecule has 4 aromatic carbocycles. The van der Waals surface area contributed by atoms with E-state index in [1.165, 1.54) is 12.1 Å². The molecule has 0 aromatic heterocycles. The number of hydrogen-bond acceptors (Lipinski definition) is 4. The Labute approximate surface area is 201 Å². The molecule has 0 atom stereocenters. The van der Waals surface area contributed by atoms with E-state index in [0.717, 1.165) is 15.4 Å². The zero-order valence-electron chi connectivity index (χ0n) is 17.5. The molecule has 4 aromatic rings. The molecule has 0 bridgehead atoms. The first-order valence-corrected chi connectivity index (χ1v) is 12.4. The summed E-state index contributed by atoms with van der Waals surface area (Å²) in [6, 6.07) is 31.5. The largest absolute Gasteiger partial charge is 0.483 e. The van der Waals surface area contributed by atoms with Gasteiger partial charge in [0.15, 0.2) is 6.61 Å². The van der Waals surface area contributed by atoms with Gasteiger partial charge in [-0.3, -0.25) is 4.79 Å². The Morgan fingerprint density at radius 2 is 1.33 bits per heavy atom. The summed E-state index contributed by atoms with van der Waals surface area (Å²) in [5.41, 5.74) is 2.28. The first kappa shape index (κ1) is 22.8. The molecule has 0 saturated carbocycles. The topological polar surface area (TPSA) is 63.7 Å². The Hall–Kier alpha value is -3.42. The van der Waals surface area contributed by atoms with Crippen LogP contribution in [-0.4, -0.2) is 20.9 Å². The van der Waals surface area contributed by atoms with Gasteiger partial charge in [0.1, 0.15) is 5.75 Å². The van der Waals surface area contributed by atoms with Gasteiger partial charge in [-0.15, -0.1) is 0 Å². The molecule has 0 saturated heterocycles. The second kappa shape index (κ2) is 10.0. The normalized spacial score (nSPS) is 11.1. The van der Waals surface area contributed by atoms with Gasteiger partial charge in [0.2, 0.25) is 0 Å². The van der Waals surface area contributed by atoms with Crippen LogP contribution >= 0.6 is 15.9 Å². The van der Waals surface area contributed by atoms with E-state index in [1.54, 1.807) is 54.6 Å². The monoisotopic (exact) mass is 521 g/mol. The molecule has 0 unspecified atom stereocenters. The van der Waals surface area contributed by atoms with Crippen molar-refractivity contribution in [1.82, 2.24) is 0 Å². The first-order valence-electron chi connectivity index (χ1n) is 10.1. The van der Waals surface area contributed by atoms with E-state index in [0.29, 0.717) is 10.2 Å². The minimum Gasteiger partial charge on any atom is -0.483 e. The summed E-state index contributed by atoms with van der Waals surface area (Å²) in [4.78, 5) is 13.2. The van der Waals surface area contributed by atoms with Crippen LogP contribution in [0.4, 0.5) is 5.69 Å². The summed E-state index contributed by atoms with van der Waals surface area (Å²) in [6.07, 6.45) is 0. The van der Waals surface area contributed by atoms with Gasteiger partial charge >= 0.3 is 0 Å². The number of nitrogens with zero attached hydrogens (tertiary/aromatic N) is 1. The lowest BCUT2D eigenvalue weighted by Crippen LogP contribution is -2.40. The standard InChI is InChI=1S/C26H20BrNO4S/c27-24-18-21(20-10-4-1-5-11-20)16-17-25(24)32-19-26(29)28(22-12-6-2-7-13-22)33(30,31)23-14-8-3-9-15-23/h1-18H,19H2. The van der Waals surface area contributed by atoms with Gasteiger partial charge in [0.25, 0.3) is 15.9 Å². The molecular weight excluding hydrogens is 502 g/mol. The average molecular weight is 522 g/mol. The highest BCUT2D eigenvalue weighted by atomic mass is 79.9. The third kappa shape index (κ3) is 5.16. The van der Waals surface area contributed by atoms with Crippen LogP contribution in [0.2, 0.25) is 0 Å². The molecular formula is C26H20BrNO4S. The number of carbonyl (C=O) groups excluding carboxylic acids is 1. The van der Waals surface area contributed by atoms with Crippen molar-refractivity contribution in [3.8, 4) is 16.9 Å². The minimum absolute atomic E-state index is 0.0237. The minimum atomic E-state index is -4.12. The Balaban J connectivity index is 1.58. The molecule has 0 aliphatic heterocycles. The lowest BCUT2D eigenvalue weighted by Gasteiger charge is -2.23. The van der Waals surface area contributed by atoms with E-state index in [9.17, 15) is 13.2 Å². The molecule has 0 spiro atoms. The molecule has 33 heavy (non-hydrogen) atoms. The fourth-order valence-electron chi connectivity index (χ4n) is 3.30. The van der Waals surface area contributed by atoms with Crippen LogP contribution in [-0.2, 0) is 14.8 Å². The number of halogens is 1. The molecule has 0 aliphatic rings. The van der Waals surface area contributed by atoms with E-state index >= 15 is 0 Å². The highest BCUT2D eigenvalue weighted by molar-refractivity contribution is 9.10. The van der Waals surface area contributed by atoms with E-state index < -0.39 is 22.5 Å². The third-order valence-electron chi connectivity index (χ3n) is 4.89. The maximum absolute atomic E-state index is 13.3. The van der Waals surface area contributed by atoms with Crippen molar-refractivity contribution in [2.75, 3.05) is 10.9 Å². The zero-order valence-corrected chi connectivity index (χ0v) is 19.9. The second-order valence-electron chi connectivity index (χ2n) is 7.11. The van der Waals surface area contributed by atoms with Gasteiger partial charge in [-0.2, -0.15) is 4.31 Å². The number of sulfonamides is 1. The Morgan fingerprint density at radius 1 is 0.758 bits per heavy atom. The molecule has 0 fully saturated rings. The van der Waals surface area contributed by atoms with Gasteiger partial charge in [-0.1, -0.05) is 72.8 Å². The van der Waals surface area contributed by atoms with Crippen molar-refractivity contribution < 1.29 is 17.9 Å². The molecule has 1 amide bonds. The number of carbonyl (C=O) groups is 1. The average Bonchev–Trinajstić information content (AvgIpc) is 2.85. The van der Waals surface area contributed by atoms with E-state index in [1.807, 2.05) is 42.5 Å². The number of benzene rings is 4. The number of anilines is 1. The van der Waals surface area contributed by atoms with E-state index in [2.05, 4.69) is 15.9 Å². The van der Waals surface area contributed by atoms with Gasteiger partial charge in [-0.25, -0.2) is 8.42 Å². The molecule has 5 nitrogen and oxygen atoms in total. The zero-order chi connectivity index (χ0) is 23.3. The number of rotatable bonds is 7. The Bertz CT molecular complexity index is 1350. The van der Waals surface area contributed by atoms with Crippen LogP contribution in [0.25, 0.3) is 11.1 Å². The third-order valence-corrected chi connectivity index (χ3v) is 7.27. The molecule has 0 heterocycles. The summed E-state index contributed by atoms with van der Waals surface area (Å²) < 4.78 is 33.8. The summed E-state index contributed by atoms with van der Waals surface area (Å²) in [5.74, 6) is -0.266. The molecule has 0 radical (unpaired) electrons. The molecule has 166 valence electrons. The van der Waals surface area contributed by atoms with Crippen LogP contribution in [0.15, 0.2) is 119 Å². The van der Waals surface area contributed by atoms with Crippen molar-refractivity contribution in [1.29, 1.82) is 0 Å². The van der Waals surface area contributed by atoms with Crippen molar-refractivity contribution in [2.45, 2.75) is 4.90 Å². The lowest BCUT2D eigenvalue weighted by molar-refractivity contribution is -0.119. The van der Waals surface area contributed by atoms with E-state index in [-0.39, 0.29) is 10.6 Å². The van der Waals surface area contributed by atoms with Crippen LogP contribution in [0.3, 0.4) is 0 Å². The first-order chi connectivity index (χ1) is 16.0. The summed E-state index contributed by atoms with van der Waals surface area (Å²) in [7, 11) is -4.12. The van der Waals surface area contributed by atoms with Gasteiger partial charge in [-0.05, 0) is 63.5 Å². The van der Waals surface area contributed by atoms with Crippen LogP contribution in [0, 0.1) is 0 Å². The van der Waals surface area contributed by atoms with Crippen LogP contribution in [0.1, 0.15) is 0 Å². The Kier molecular flexibility index (Phi) is 6.91. The maximum atomic E-state index is 13.3. The molecule has 0 aliphatic carbocycles. The van der Waals surface area contributed by atoms with Crippen molar-refractivity contribution in [2.24, 2.45) is 0 Å². The van der Waals surface area contributed by atoms with Crippen molar-refractivity contribution in [3.05, 3.63) is 114 Å². The van der Waals surface area contributed by atoms with E-state index in [4.69, 9.17) is 4.74 Å². The fraction of sp³-hybridized carbons (Fsp3) is 0.0385. The number of hydrogen-bond donors (Lipinski definition) is 0. The number of amides is 1. The maximum Gasteiger partial charge on any atom is 0.278 e. The molecule has 4 rings (SSSR count). The van der Waals surface area contributed by atoms with Crippen molar-refractivity contribution in [3.63, 3.8) is 0 Å². The fourth-order valence-corrected chi connectivity index (χ4v) is 5.23. The molecule has 0 N–H and O–H groups in total. The van der Waals surface area contributed by atoms with Crippen molar-refractivity contribution >= 4 is 37.5 Å². The SMILES string of the molecule is O=C(COc1ccc(-c2ccccc2)cc1Br)N(c1ccccc1)S(=O)(=O)c1ccccc1. The predicted molar refractivity (Wildman–Crippen MR) is 133 cm³/mol. The lowest BCUT2D eigenvalue weighted by atomic mass is 10.1.